The van der Waals surface area contributed by atoms with Crippen LogP contribution in [0.2, 0.25) is 0 Å². The highest BCUT2D eigenvalue weighted by Gasteiger charge is 2.33. The molecule has 0 bridgehead atoms. The van der Waals surface area contributed by atoms with Gasteiger partial charge >= 0.3 is 0 Å². The first kappa shape index (κ1) is 21.8. The number of carbonyl (C=O) groups is 1. The van der Waals surface area contributed by atoms with Gasteiger partial charge in [0.25, 0.3) is 5.91 Å². The Morgan fingerprint density at radius 2 is 2.07 bits per heavy atom. The molecule has 0 radical (unpaired) electrons. The van der Waals surface area contributed by atoms with Crippen molar-refractivity contribution in [2.24, 2.45) is 0 Å². The predicted molar refractivity (Wildman–Crippen MR) is 115 cm³/mol. The number of ether oxygens (including phenoxy) is 1. The van der Waals surface area contributed by atoms with Gasteiger partial charge < -0.3 is 9.64 Å². The van der Waals surface area contributed by atoms with Crippen LogP contribution in [0.15, 0.2) is 34.5 Å². The lowest BCUT2D eigenvalue weighted by Gasteiger charge is -2.32. The Balaban J connectivity index is 1.92. The van der Waals surface area contributed by atoms with Crippen molar-refractivity contribution in [1.29, 1.82) is 0 Å². The van der Waals surface area contributed by atoms with Gasteiger partial charge in [0.15, 0.2) is 0 Å². The largest absolute Gasteiger partial charge is 0.495 e. The molecule has 8 heteroatoms. The van der Waals surface area contributed by atoms with Crippen LogP contribution in [-0.2, 0) is 16.6 Å². The zero-order valence-corrected chi connectivity index (χ0v) is 19.0. The Hall–Kier alpha value is -1.90. The zero-order valence-electron chi connectivity index (χ0n) is 17.3. The number of methoxy groups -OCH3 is 1. The van der Waals surface area contributed by atoms with E-state index in [0.717, 1.165) is 29.7 Å². The second-order valence-corrected chi connectivity index (χ2v) is 10.4. The Morgan fingerprint density at radius 3 is 2.69 bits per heavy atom. The van der Waals surface area contributed by atoms with Gasteiger partial charge in [-0.05, 0) is 61.9 Å². The number of hydrogen-bond donors (Lipinski definition) is 0. The van der Waals surface area contributed by atoms with Crippen LogP contribution < -0.4 is 4.74 Å². The van der Waals surface area contributed by atoms with Gasteiger partial charge in [0, 0.05) is 30.1 Å². The molecular weight excluding hydrogens is 408 g/mol. The lowest BCUT2D eigenvalue weighted by molar-refractivity contribution is 0.0786. The molecule has 1 saturated heterocycles. The standard InChI is InChI=1S/C21H28N2O4S2/c1-15-10-12-28-19(15)14-22(3)21(24)17-8-9-18(27-4)20(13-17)29(25,26)23-11-6-5-7-16(23)2/h8-10,12-13,16H,5-7,11,14H2,1-4H3. The Kier molecular flexibility index (Phi) is 6.65. The topological polar surface area (TPSA) is 66.9 Å². The van der Waals surface area contributed by atoms with E-state index in [1.54, 1.807) is 35.4 Å². The van der Waals surface area contributed by atoms with Crippen molar-refractivity contribution in [2.45, 2.75) is 50.6 Å². The summed E-state index contributed by atoms with van der Waals surface area (Å²) in [7, 11) is -0.578. The van der Waals surface area contributed by atoms with Crippen LogP contribution in [0.25, 0.3) is 0 Å². The highest BCUT2D eigenvalue weighted by atomic mass is 32.2. The maximum absolute atomic E-state index is 13.3. The van der Waals surface area contributed by atoms with Crippen molar-refractivity contribution in [3.8, 4) is 5.75 Å². The lowest BCUT2D eigenvalue weighted by atomic mass is 10.1. The van der Waals surface area contributed by atoms with E-state index in [1.165, 1.54) is 17.5 Å². The molecule has 0 saturated carbocycles. The number of piperidine rings is 1. The van der Waals surface area contributed by atoms with Gasteiger partial charge in [-0.25, -0.2) is 8.42 Å². The third-order valence-corrected chi connectivity index (χ3v) is 8.48. The molecule has 29 heavy (non-hydrogen) atoms. The molecule has 158 valence electrons. The SMILES string of the molecule is COc1ccc(C(=O)N(C)Cc2sccc2C)cc1S(=O)(=O)N1CCCCC1C. The summed E-state index contributed by atoms with van der Waals surface area (Å²) in [5, 5.41) is 2.00. The van der Waals surface area contributed by atoms with Gasteiger partial charge in [0.05, 0.1) is 13.7 Å². The number of rotatable bonds is 6. The second kappa shape index (κ2) is 8.85. The molecule has 3 rings (SSSR count). The van der Waals surface area contributed by atoms with Crippen LogP contribution in [0.5, 0.6) is 5.75 Å². The Labute approximate surface area is 177 Å². The fourth-order valence-corrected chi connectivity index (χ4v) is 6.48. The molecule has 1 aliphatic rings. The number of carbonyl (C=O) groups excluding carboxylic acids is 1. The third-order valence-electron chi connectivity index (χ3n) is 5.43. The smallest absolute Gasteiger partial charge is 0.253 e. The average Bonchev–Trinajstić information content (AvgIpc) is 3.11. The lowest BCUT2D eigenvalue weighted by Crippen LogP contribution is -2.42. The fraction of sp³-hybridized carbons (Fsp3) is 0.476. The molecule has 1 aromatic heterocycles. The summed E-state index contributed by atoms with van der Waals surface area (Å²) >= 11 is 1.61. The van der Waals surface area contributed by atoms with Gasteiger partial charge in [-0.15, -0.1) is 11.3 Å². The maximum Gasteiger partial charge on any atom is 0.253 e. The summed E-state index contributed by atoms with van der Waals surface area (Å²) in [6.07, 6.45) is 2.70. The predicted octanol–water partition coefficient (Wildman–Crippen LogP) is 3.90. The van der Waals surface area contributed by atoms with Crippen molar-refractivity contribution in [3.05, 3.63) is 45.6 Å². The fourth-order valence-electron chi connectivity index (χ4n) is 3.64. The average molecular weight is 437 g/mol. The first-order chi connectivity index (χ1) is 13.8. The van der Waals surface area contributed by atoms with E-state index >= 15 is 0 Å². The molecule has 1 fully saturated rings. The van der Waals surface area contributed by atoms with E-state index in [1.807, 2.05) is 25.3 Å². The number of benzene rings is 1. The number of nitrogens with zero attached hydrogens (tertiary/aromatic N) is 2. The summed E-state index contributed by atoms with van der Waals surface area (Å²) in [6.45, 7) is 4.92. The summed E-state index contributed by atoms with van der Waals surface area (Å²) in [5.41, 5.74) is 1.48. The molecule has 1 unspecified atom stereocenters. The van der Waals surface area contributed by atoms with Gasteiger partial charge in [-0.2, -0.15) is 4.31 Å². The monoisotopic (exact) mass is 436 g/mol. The molecule has 0 spiro atoms. The van der Waals surface area contributed by atoms with Gasteiger partial charge in [0.1, 0.15) is 10.6 Å². The number of amides is 1. The quantitative estimate of drug-likeness (QED) is 0.689. The molecule has 1 aliphatic heterocycles. The van der Waals surface area contributed by atoms with Crippen LogP contribution in [0.1, 0.15) is 47.0 Å². The van der Waals surface area contributed by atoms with Crippen molar-refractivity contribution in [1.82, 2.24) is 9.21 Å². The molecule has 1 aromatic carbocycles. The summed E-state index contributed by atoms with van der Waals surface area (Å²) in [4.78, 5) is 15.8. The minimum absolute atomic E-state index is 0.0558. The number of aryl methyl sites for hydroxylation is 1. The van der Waals surface area contributed by atoms with Crippen LogP contribution in [-0.4, -0.2) is 50.3 Å². The molecule has 2 aromatic rings. The van der Waals surface area contributed by atoms with E-state index in [2.05, 4.69) is 0 Å². The van der Waals surface area contributed by atoms with E-state index in [0.29, 0.717) is 18.7 Å². The molecule has 1 amide bonds. The Morgan fingerprint density at radius 1 is 1.31 bits per heavy atom. The van der Waals surface area contributed by atoms with Gasteiger partial charge in [0.2, 0.25) is 10.0 Å². The maximum atomic E-state index is 13.3. The van der Waals surface area contributed by atoms with Crippen LogP contribution in [0.3, 0.4) is 0 Å². The number of hydrogen-bond acceptors (Lipinski definition) is 5. The van der Waals surface area contributed by atoms with E-state index in [-0.39, 0.29) is 22.6 Å². The van der Waals surface area contributed by atoms with Crippen LogP contribution in [0, 0.1) is 6.92 Å². The minimum atomic E-state index is -3.75. The zero-order chi connectivity index (χ0) is 21.2. The molecular formula is C21H28N2O4S2. The Bertz CT molecular complexity index is 984. The van der Waals surface area contributed by atoms with E-state index < -0.39 is 10.0 Å². The highest BCUT2D eigenvalue weighted by Crippen LogP contribution is 2.32. The summed E-state index contributed by atoms with van der Waals surface area (Å²) in [5.74, 6) is 0.0414. The van der Waals surface area contributed by atoms with Crippen LogP contribution in [0.4, 0.5) is 0 Å². The molecule has 2 heterocycles. The van der Waals surface area contributed by atoms with Crippen molar-refractivity contribution >= 4 is 27.3 Å². The van der Waals surface area contributed by atoms with Gasteiger partial charge in [-0.3, -0.25) is 4.79 Å². The van der Waals surface area contributed by atoms with Crippen molar-refractivity contribution < 1.29 is 17.9 Å². The van der Waals surface area contributed by atoms with Crippen molar-refractivity contribution in [3.63, 3.8) is 0 Å². The third kappa shape index (κ3) is 4.49. The first-order valence-corrected chi connectivity index (χ1v) is 12.1. The summed E-state index contributed by atoms with van der Waals surface area (Å²) in [6, 6.07) is 6.60. The normalized spacial score (nSPS) is 17.9. The van der Waals surface area contributed by atoms with Gasteiger partial charge in [-0.1, -0.05) is 6.42 Å². The molecule has 0 N–H and O–H groups in total. The highest BCUT2D eigenvalue weighted by molar-refractivity contribution is 7.89. The molecule has 0 aliphatic carbocycles. The number of sulfonamides is 1. The summed E-state index contributed by atoms with van der Waals surface area (Å²) < 4.78 is 33.5. The molecule has 1 atom stereocenters. The minimum Gasteiger partial charge on any atom is -0.495 e. The van der Waals surface area contributed by atoms with E-state index in [4.69, 9.17) is 4.74 Å². The first-order valence-electron chi connectivity index (χ1n) is 9.74. The van der Waals surface area contributed by atoms with Crippen LogP contribution >= 0.6 is 11.3 Å². The molecule has 6 nitrogen and oxygen atoms in total. The van der Waals surface area contributed by atoms with Crippen molar-refractivity contribution in [2.75, 3.05) is 20.7 Å². The second-order valence-electron chi connectivity index (χ2n) is 7.51. The number of thiophene rings is 1. The van der Waals surface area contributed by atoms with E-state index in [9.17, 15) is 13.2 Å².